The zero-order chi connectivity index (χ0) is 20.5. The van der Waals surface area contributed by atoms with Crippen LogP contribution in [0.1, 0.15) is 28.4 Å². The summed E-state index contributed by atoms with van der Waals surface area (Å²) in [5.41, 5.74) is 2.92. The second kappa shape index (κ2) is 10.3. The number of methoxy groups -OCH3 is 1. The largest absolute Gasteiger partial charge is 0.497 e. The average molecular weight is 383 g/mol. The molecule has 0 radical (unpaired) electrons. The van der Waals surface area contributed by atoms with E-state index in [0.717, 1.165) is 30.4 Å². The molecule has 0 aliphatic carbocycles. The summed E-state index contributed by atoms with van der Waals surface area (Å²) in [7, 11) is 7.19. The number of hydrogen-bond acceptors (Lipinski definition) is 3. The molecule has 6 heteroatoms. The molecule has 0 saturated carbocycles. The molecule has 0 aromatic heterocycles. The highest BCUT2D eigenvalue weighted by Gasteiger charge is 2.09. The maximum absolute atomic E-state index is 12.0. The molecule has 2 rings (SSSR count). The molecule has 1 N–H and O–H groups in total. The second-order valence-electron chi connectivity index (χ2n) is 6.77. The fourth-order valence-electron chi connectivity index (χ4n) is 2.73. The third kappa shape index (κ3) is 6.01. The van der Waals surface area contributed by atoms with E-state index in [1.54, 1.807) is 26.1 Å². The lowest BCUT2D eigenvalue weighted by Gasteiger charge is -2.22. The molecule has 0 aliphatic heterocycles. The lowest BCUT2D eigenvalue weighted by molar-refractivity contribution is 0.0827. The Morgan fingerprint density at radius 2 is 1.61 bits per heavy atom. The van der Waals surface area contributed by atoms with E-state index in [4.69, 9.17) is 9.73 Å². The summed E-state index contributed by atoms with van der Waals surface area (Å²) in [6.45, 7) is 4.14. The summed E-state index contributed by atoms with van der Waals surface area (Å²) in [5, 5.41) is 3.33. The number of rotatable bonds is 7. The Morgan fingerprint density at radius 3 is 2.14 bits per heavy atom. The number of nitrogens with one attached hydrogen (secondary N) is 1. The Labute approximate surface area is 167 Å². The van der Waals surface area contributed by atoms with Gasteiger partial charge in [0, 0.05) is 39.8 Å². The third-order valence-electron chi connectivity index (χ3n) is 4.29. The van der Waals surface area contributed by atoms with Crippen molar-refractivity contribution in [3.8, 4) is 5.75 Å². The molecular weight excluding hydrogens is 352 g/mol. The molecule has 0 atom stereocenters. The smallest absolute Gasteiger partial charge is 0.253 e. The molecule has 0 aliphatic rings. The summed E-state index contributed by atoms with van der Waals surface area (Å²) in [6.07, 6.45) is 0. The molecule has 0 fully saturated rings. The highest BCUT2D eigenvalue weighted by molar-refractivity contribution is 5.93. The van der Waals surface area contributed by atoms with Crippen molar-refractivity contribution in [3.63, 3.8) is 0 Å². The number of benzene rings is 2. The Hall–Kier alpha value is -3.02. The maximum Gasteiger partial charge on any atom is 0.253 e. The molecule has 0 unspecified atom stereocenters. The number of carbonyl (C=O) groups is 1. The Kier molecular flexibility index (Phi) is 7.87. The zero-order valence-electron chi connectivity index (χ0n) is 17.4. The molecule has 0 spiro atoms. The van der Waals surface area contributed by atoms with Crippen LogP contribution in [0.3, 0.4) is 0 Å². The van der Waals surface area contributed by atoms with Gasteiger partial charge in [-0.25, -0.2) is 4.99 Å². The van der Waals surface area contributed by atoms with Crippen molar-refractivity contribution < 1.29 is 9.53 Å². The number of amides is 1. The van der Waals surface area contributed by atoms with Crippen molar-refractivity contribution in [2.24, 2.45) is 4.99 Å². The van der Waals surface area contributed by atoms with E-state index in [1.807, 2.05) is 43.4 Å². The number of nitrogens with zero attached hydrogens (tertiary/aromatic N) is 3. The van der Waals surface area contributed by atoms with Gasteiger partial charge in [-0.3, -0.25) is 4.79 Å². The fraction of sp³-hybridized carbons (Fsp3) is 0.364. The minimum absolute atomic E-state index is 0.00242. The van der Waals surface area contributed by atoms with E-state index in [1.165, 1.54) is 5.56 Å². The van der Waals surface area contributed by atoms with Crippen LogP contribution >= 0.6 is 0 Å². The highest BCUT2D eigenvalue weighted by atomic mass is 16.5. The first-order chi connectivity index (χ1) is 13.4. The first kappa shape index (κ1) is 21.3. The van der Waals surface area contributed by atoms with Crippen LogP contribution in [-0.4, -0.2) is 56.5 Å². The molecule has 0 heterocycles. The van der Waals surface area contributed by atoms with Crippen molar-refractivity contribution in [3.05, 3.63) is 65.2 Å². The molecule has 2 aromatic rings. The quantitative estimate of drug-likeness (QED) is 0.591. The van der Waals surface area contributed by atoms with Gasteiger partial charge in [0.2, 0.25) is 0 Å². The SMILES string of the molecule is CCNC(=NCc1ccc(C(=O)N(C)C)cc1)N(C)Cc1ccc(OC)cc1. The van der Waals surface area contributed by atoms with Gasteiger partial charge in [0.15, 0.2) is 5.96 Å². The Morgan fingerprint density at radius 1 is 1.00 bits per heavy atom. The second-order valence-corrected chi connectivity index (χ2v) is 6.77. The van der Waals surface area contributed by atoms with E-state index >= 15 is 0 Å². The van der Waals surface area contributed by atoms with Crippen molar-refractivity contribution >= 4 is 11.9 Å². The molecule has 0 saturated heterocycles. The minimum Gasteiger partial charge on any atom is -0.497 e. The van der Waals surface area contributed by atoms with Gasteiger partial charge in [-0.1, -0.05) is 24.3 Å². The lowest BCUT2D eigenvalue weighted by Crippen LogP contribution is -2.38. The highest BCUT2D eigenvalue weighted by Crippen LogP contribution is 2.13. The van der Waals surface area contributed by atoms with E-state index in [0.29, 0.717) is 12.1 Å². The van der Waals surface area contributed by atoms with E-state index in [-0.39, 0.29) is 5.91 Å². The third-order valence-corrected chi connectivity index (χ3v) is 4.29. The summed E-state index contributed by atoms with van der Waals surface area (Å²) < 4.78 is 5.21. The lowest BCUT2D eigenvalue weighted by atomic mass is 10.1. The summed E-state index contributed by atoms with van der Waals surface area (Å²) in [5.74, 6) is 1.69. The molecular formula is C22H30N4O2. The summed E-state index contributed by atoms with van der Waals surface area (Å²) in [4.78, 5) is 20.4. The Bertz CT molecular complexity index is 783. The zero-order valence-corrected chi connectivity index (χ0v) is 17.4. The van der Waals surface area contributed by atoms with Crippen molar-refractivity contribution in [2.75, 3.05) is 34.8 Å². The minimum atomic E-state index is 0.00242. The predicted molar refractivity (Wildman–Crippen MR) is 114 cm³/mol. The predicted octanol–water partition coefficient (Wildman–Crippen LogP) is 2.99. The van der Waals surface area contributed by atoms with Gasteiger partial charge >= 0.3 is 0 Å². The average Bonchev–Trinajstić information content (AvgIpc) is 2.71. The number of carbonyl (C=O) groups excluding carboxylic acids is 1. The van der Waals surface area contributed by atoms with E-state index < -0.39 is 0 Å². The number of ether oxygens (including phenoxy) is 1. The maximum atomic E-state index is 12.0. The van der Waals surface area contributed by atoms with E-state index in [9.17, 15) is 4.79 Å². The van der Waals surface area contributed by atoms with Crippen molar-refractivity contribution in [2.45, 2.75) is 20.0 Å². The summed E-state index contributed by atoms with van der Waals surface area (Å²) >= 11 is 0. The fourth-order valence-corrected chi connectivity index (χ4v) is 2.73. The van der Waals surface area contributed by atoms with Crippen LogP contribution in [-0.2, 0) is 13.1 Å². The van der Waals surface area contributed by atoms with Crippen LogP contribution in [0.15, 0.2) is 53.5 Å². The van der Waals surface area contributed by atoms with Gasteiger partial charge < -0.3 is 19.9 Å². The van der Waals surface area contributed by atoms with Crippen LogP contribution in [0, 0.1) is 0 Å². The van der Waals surface area contributed by atoms with Gasteiger partial charge in [0.25, 0.3) is 5.91 Å². The Balaban J connectivity index is 2.04. The van der Waals surface area contributed by atoms with Gasteiger partial charge in [-0.15, -0.1) is 0 Å². The number of aliphatic imine (C=N–C) groups is 1. The first-order valence-electron chi connectivity index (χ1n) is 9.37. The number of guanidine groups is 1. The molecule has 28 heavy (non-hydrogen) atoms. The normalized spacial score (nSPS) is 11.1. The summed E-state index contributed by atoms with van der Waals surface area (Å²) in [6, 6.07) is 15.6. The van der Waals surface area contributed by atoms with Gasteiger partial charge in [0.1, 0.15) is 5.75 Å². The van der Waals surface area contributed by atoms with Crippen molar-refractivity contribution in [1.82, 2.24) is 15.1 Å². The van der Waals surface area contributed by atoms with Gasteiger partial charge in [-0.2, -0.15) is 0 Å². The van der Waals surface area contributed by atoms with Crippen LogP contribution in [0.5, 0.6) is 5.75 Å². The standard InChI is InChI=1S/C22H30N4O2/c1-6-23-22(26(4)16-18-9-13-20(28-5)14-10-18)24-15-17-7-11-19(12-8-17)21(27)25(2)3/h7-14H,6,15-16H2,1-5H3,(H,23,24). The topological polar surface area (TPSA) is 57.2 Å². The van der Waals surface area contributed by atoms with Crippen LogP contribution in [0.25, 0.3) is 0 Å². The van der Waals surface area contributed by atoms with Crippen molar-refractivity contribution in [1.29, 1.82) is 0 Å². The monoisotopic (exact) mass is 382 g/mol. The molecule has 0 bridgehead atoms. The molecule has 2 aromatic carbocycles. The van der Waals surface area contributed by atoms with Crippen LogP contribution in [0.4, 0.5) is 0 Å². The number of hydrogen-bond donors (Lipinski definition) is 1. The van der Waals surface area contributed by atoms with Gasteiger partial charge in [0.05, 0.1) is 13.7 Å². The van der Waals surface area contributed by atoms with Crippen LogP contribution < -0.4 is 10.1 Å². The molecule has 1 amide bonds. The molecule has 150 valence electrons. The first-order valence-corrected chi connectivity index (χ1v) is 9.37. The van der Waals surface area contributed by atoms with Crippen LogP contribution in [0.2, 0.25) is 0 Å². The molecule has 6 nitrogen and oxygen atoms in total. The van der Waals surface area contributed by atoms with E-state index in [2.05, 4.69) is 29.3 Å². The van der Waals surface area contributed by atoms with Gasteiger partial charge in [-0.05, 0) is 42.3 Å².